The molecule has 11 aromatic carbocycles. The number of aryl methyl sites for hydroxylation is 2. The van der Waals surface area contributed by atoms with E-state index in [1.165, 1.54) is 29.3 Å². The minimum atomic E-state index is -0.961. The number of fused-ring (bicyclic) bond motifs is 15. The second kappa shape index (κ2) is 26.2. The van der Waals surface area contributed by atoms with Gasteiger partial charge in [-0.2, -0.15) is 0 Å². The molecule has 4 unspecified atom stereocenters. The number of hydrogen-bond acceptors (Lipinski definition) is 2. The van der Waals surface area contributed by atoms with Crippen molar-refractivity contribution in [3.05, 3.63) is 435 Å². The molecule has 508 valence electrons. The summed E-state index contributed by atoms with van der Waals surface area (Å²) in [7, 11) is 0. The van der Waals surface area contributed by atoms with E-state index in [1.807, 2.05) is 26.0 Å². The van der Waals surface area contributed by atoms with Crippen molar-refractivity contribution >= 4 is 40.5 Å². The van der Waals surface area contributed by atoms with E-state index in [2.05, 4.69) is 306 Å². The maximum absolute atomic E-state index is 16.4. The summed E-state index contributed by atoms with van der Waals surface area (Å²) in [6, 6.07) is 83.0. The Morgan fingerprint density at radius 3 is 1.60 bits per heavy atom. The van der Waals surface area contributed by atoms with E-state index in [4.69, 9.17) is 0 Å². The van der Waals surface area contributed by atoms with Crippen molar-refractivity contribution in [2.24, 2.45) is 0 Å². The summed E-state index contributed by atoms with van der Waals surface area (Å²) in [5.74, 6) is -3.30. The van der Waals surface area contributed by atoms with Crippen LogP contribution in [0.25, 0.3) is 51.1 Å². The predicted molar refractivity (Wildman–Crippen MR) is 425 cm³/mol. The minimum absolute atomic E-state index is 0.361. The lowest BCUT2D eigenvalue weighted by atomic mass is 9.66. The maximum atomic E-state index is 16.4. The molecular formula is C98H78F4N2. The molecule has 2 nitrogen and oxygen atoms in total. The van der Waals surface area contributed by atoms with Crippen LogP contribution in [0.5, 0.6) is 0 Å². The summed E-state index contributed by atoms with van der Waals surface area (Å²) >= 11 is 0. The van der Waals surface area contributed by atoms with Crippen molar-refractivity contribution in [2.45, 2.75) is 76.2 Å². The Balaban J connectivity index is 0.891. The maximum Gasteiger partial charge on any atom is 0.160 e. The van der Waals surface area contributed by atoms with Gasteiger partial charge in [0.2, 0.25) is 0 Å². The third kappa shape index (κ3) is 10.6. The van der Waals surface area contributed by atoms with Crippen LogP contribution in [0, 0.1) is 25.5 Å². The smallest absolute Gasteiger partial charge is 0.160 e. The van der Waals surface area contributed by atoms with E-state index in [9.17, 15) is 4.39 Å². The molecule has 0 N–H and O–H groups in total. The average Bonchev–Trinajstić information content (AvgIpc) is 1.50. The third-order valence-corrected chi connectivity index (χ3v) is 22.4. The zero-order chi connectivity index (χ0) is 71.9. The van der Waals surface area contributed by atoms with Crippen molar-refractivity contribution in [1.82, 2.24) is 0 Å². The van der Waals surface area contributed by atoms with Gasteiger partial charge in [-0.05, 0) is 231 Å². The lowest BCUT2D eigenvalue weighted by molar-refractivity contribution is 0.509. The summed E-state index contributed by atoms with van der Waals surface area (Å²) in [6.45, 7) is 26.3. The summed E-state index contributed by atoms with van der Waals surface area (Å²) in [4.78, 5) is 4.42. The summed E-state index contributed by atoms with van der Waals surface area (Å²) < 4.78 is 62.4. The highest BCUT2D eigenvalue weighted by atomic mass is 19.2. The van der Waals surface area contributed by atoms with E-state index in [0.29, 0.717) is 18.5 Å². The van der Waals surface area contributed by atoms with Crippen molar-refractivity contribution in [3.63, 3.8) is 0 Å². The SMILES string of the molecule is C=Cc1ccc(C2(C/C=C(C)\C=C/C(=C)C)c3ccccc3-c3ccc(N(/C(C)=C/C=C(/F)CC(=C)F)C4C=CC5=C(C4)C4(c6ccccc65)c5ccccc5-c5ccc(N(c6ccc(F)c(F)c6)c6ccc7c(c6)C(c6ccc(C=C)cc6)(c6cc(C)ccc6C)c6ccccc6-7)cc54)cc32)cc1. The van der Waals surface area contributed by atoms with Crippen molar-refractivity contribution in [1.29, 1.82) is 0 Å². The zero-order valence-electron chi connectivity index (χ0n) is 59.1. The molecule has 0 aromatic heterocycles. The molecule has 0 saturated carbocycles. The number of nitrogens with zero attached hydrogens (tertiary/aromatic N) is 2. The van der Waals surface area contributed by atoms with Gasteiger partial charge in [-0.25, -0.2) is 17.6 Å². The van der Waals surface area contributed by atoms with Gasteiger partial charge >= 0.3 is 0 Å². The molecule has 16 rings (SSSR count). The zero-order valence-corrected chi connectivity index (χ0v) is 59.1. The van der Waals surface area contributed by atoms with Crippen molar-refractivity contribution in [2.75, 3.05) is 9.80 Å². The Morgan fingerprint density at radius 1 is 0.481 bits per heavy atom. The highest BCUT2D eigenvalue weighted by Crippen LogP contribution is 2.66. The van der Waals surface area contributed by atoms with Crippen LogP contribution in [0.3, 0.4) is 0 Å². The molecule has 104 heavy (non-hydrogen) atoms. The van der Waals surface area contributed by atoms with E-state index in [-0.39, 0.29) is 6.04 Å². The van der Waals surface area contributed by atoms with Crippen LogP contribution >= 0.6 is 0 Å². The lowest BCUT2D eigenvalue weighted by Gasteiger charge is -2.40. The molecule has 0 amide bonds. The number of halogens is 4. The standard InChI is InChI=1S/C98H78F4N2/c1-10-67-33-37-69(38-34-67)96(53-52-62(5)29-28-61(3)4)85-24-16-12-20-77(85)81-47-42-72(56-90(81)96)103(66(9)32-41-71(100)55-65(8)99)73-43-48-83-79-22-14-18-26-87(79)98(92(83)57-73)88-27-19-15-23-80(88)84-50-45-75(59-93(84)98)104(76-46-51-94(101)95(102)60-76)74-44-49-82-78-21-13-17-25-86(78)97(91(82)58-74,70-39-35-68(11-2)36-40-70)89-54-63(6)30-31-64(89)7/h10-52,54,56,58-60,73H,1-3,8,53,55,57H2,4-7,9H3/b29-28-,62-52-,66-32+,71-41+. The first-order chi connectivity index (χ1) is 50.5. The monoisotopic (exact) mass is 1360 g/mol. The van der Waals surface area contributed by atoms with Crippen LogP contribution in [0.1, 0.15) is 123 Å². The van der Waals surface area contributed by atoms with E-state index in [1.54, 1.807) is 12.1 Å². The van der Waals surface area contributed by atoms with Gasteiger partial charge in [0.1, 0.15) is 5.83 Å². The molecular weight excluding hydrogens is 1280 g/mol. The quantitative estimate of drug-likeness (QED) is 0.0624. The number of anilines is 4. The minimum Gasteiger partial charge on any atom is -0.338 e. The van der Waals surface area contributed by atoms with Crippen LogP contribution in [0.4, 0.5) is 40.3 Å². The average molecular weight is 1360 g/mol. The summed E-state index contributed by atoms with van der Waals surface area (Å²) in [5, 5.41) is 0. The topological polar surface area (TPSA) is 6.48 Å². The van der Waals surface area contributed by atoms with Gasteiger partial charge in [0.25, 0.3) is 0 Å². The number of rotatable bonds is 18. The van der Waals surface area contributed by atoms with Crippen molar-refractivity contribution in [3.8, 4) is 33.4 Å². The highest BCUT2D eigenvalue weighted by Gasteiger charge is 2.55. The molecule has 0 aliphatic heterocycles. The van der Waals surface area contributed by atoms with Crippen molar-refractivity contribution < 1.29 is 17.6 Å². The molecule has 11 aromatic rings. The first kappa shape index (κ1) is 66.7. The molecule has 0 heterocycles. The van der Waals surface area contributed by atoms with Crippen LogP contribution in [-0.2, 0) is 16.2 Å². The Hall–Kier alpha value is -11.9. The van der Waals surface area contributed by atoms with Gasteiger partial charge < -0.3 is 9.80 Å². The van der Waals surface area contributed by atoms with Gasteiger partial charge in [0.15, 0.2) is 11.6 Å². The van der Waals surface area contributed by atoms with Crippen LogP contribution in [-0.4, -0.2) is 6.04 Å². The van der Waals surface area contributed by atoms with E-state index >= 15 is 13.2 Å². The normalized spacial score (nSPS) is 18.7. The molecule has 5 aliphatic rings. The van der Waals surface area contributed by atoms with Gasteiger partial charge in [0.05, 0.1) is 29.1 Å². The Labute approximate surface area is 608 Å². The van der Waals surface area contributed by atoms with Gasteiger partial charge in [-0.1, -0.05) is 268 Å². The van der Waals surface area contributed by atoms with Crippen LogP contribution < -0.4 is 9.80 Å². The summed E-state index contributed by atoms with van der Waals surface area (Å²) in [5.41, 5.74) is 28.9. The first-order valence-corrected chi connectivity index (χ1v) is 35.7. The van der Waals surface area contributed by atoms with E-state index < -0.39 is 46.0 Å². The highest BCUT2D eigenvalue weighted by molar-refractivity contribution is 5.99. The fourth-order valence-electron chi connectivity index (χ4n) is 17.9. The third-order valence-electron chi connectivity index (χ3n) is 22.4. The molecule has 4 atom stereocenters. The Morgan fingerprint density at radius 2 is 0.990 bits per heavy atom. The van der Waals surface area contributed by atoms with Crippen LogP contribution in [0.2, 0.25) is 0 Å². The van der Waals surface area contributed by atoms with Gasteiger partial charge in [0, 0.05) is 39.9 Å². The molecule has 5 aliphatic carbocycles. The fourth-order valence-corrected chi connectivity index (χ4v) is 17.9. The largest absolute Gasteiger partial charge is 0.338 e. The second-order valence-electron chi connectivity index (χ2n) is 28.5. The molecule has 6 heteroatoms. The Kier molecular flexibility index (Phi) is 16.8. The van der Waals surface area contributed by atoms with E-state index in [0.717, 1.165) is 151 Å². The molecule has 1 spiro atoms. The molecule has 0 radical (unpaired) electrons. The fraction of sp³-hybridized carbons (Fsp3) is 0.122. The predicted octanol–water partition coefficient (Wildman–Crippen LogP) is 26.0. The van der Waals surface area contributed by atoms with Gasteiger partial charge in [-0.15, -0.1) is 0 Å². The van der Waals surface area contributed by atoms with Crippen LogP contribution in [0.15, 0.2) is 340 Å². The van der Waals surface area contributed by atoms with Gasteiger partial charge in [-0.3, -0.25) is 0 Å². The summed E-state index contributed by atoms with van der Waals surface area (Å²) in [6.07, 6.45) is 18.6. The molecule has 0 bridgehead atoms. The first-order valence-electron chi connectivity index (χ1n) is 35.7. The second-order valence-corrected chi connectivity index (χ2v) is 28.5. The molecule has 0 fully saturated rings. The number of benzene rings is 11. The number of hydrogen-bond donors (Lipinski definition) is 0. The number of allylic oxidation sites excluding steroid dienone is 12. The Bertz CT molecular complexity index is 5630. The lowest BCUT2D eigenvalue weighted by Crippen LogP contribution is -2.37. The molecule has 0 saturated heterocycles.